The summed E-state index contributed by atoms with van der Waals surface area (Å²) in [6.07, 6.45) is 4.33. The first kappa shape index (κ1) is 13.7. The van der Waals surface area contributed by atoms with E-state index < -0.39 is 0 Å². The lowest BCUT2D eigenvalue weighted by Crippen LogP contribution is -2.46. The normalized spacial score (nSPS) is 19.0. The second-order valence-corrected chi connectivity index (χ2v) is 4.77. The summed E-state index contributed by atoms with van der Waals surface area (Å²) in [6, 6.07) is 1.32. The Balaban J connectivity index is 2.29. The topological polar surface area (TPSA) is 81.3 Å². The summed E-state index contributed by atoms with van der Waals surface area (Å²) in [6.45, 7) is 0.723. The van der Waals surface area contributed by atoms with Crippen LogP contribution in [0.4, 0.5) is 5.95 Å². The highest BCUT2D eigenvalue weighted by atomic mass is 32.1. The Bertz CT molecular complexity index is 494. The summed E-state index contributed by atoms with van der Waals surface area (Å²) in [5, 5.41) is 0. The van der Waals surface area contributed by atoms with E-state index in [0.717, 1.165) is 25.8 Å². The van der Waals surface area contributed by atoms with Crippen LogP contribution in [-0.4, -0.2) is 40.6 Å². The molecule has 6 nitrogen and oxygen atoms in total. The van der Waals surface area contributed by atoms with Crippen molar-refractivity contribution in [3.63, 3.8) is 0 Å². The van der Waals surface area contributed by atoms with Gasteiger partial charge in [-0.05, 0) is 25.3 Å². The van der Waals surface area contributed by atoms with Gasteiger partial charge >= 0.3 is 5.97 Å². The lowest BCUT2D eigenvalue weighted by molar-refractivity contribution is -0.142. The summed E-state index contributed by atoms with van der Waals surface area (Å²) < 4.78 is 4.83. The number of nitrogens with zero attached hydrogens (tertiary/aromatic N) is 3. The van der Waals surface area contributed by atoms with Crippen molar-refractivity contribution in [2.24, 2.45) is 5.73 Å². The molecule has 0 spiro atoms. The van der Waals surface area contributed by atoms with Crippen LogP contribution in [0.5, 0.6) is 0 Å². The van der Waals surface area contributed by atoms with Gasteiger partial charge in [-0.1, -0.05) is 12.2 Å². The standard InChI is InChI=1S/C12H16N4O2S/c1-18-11(17)9-4-2-3-7-16(9)12-14-6-5-8(15-12)10(13)19/h5-6,9H,2-4,7H2,1H3,(H2,13,19). The van der Waals surface area contributed by atoms with Crippen LogP contribution >= 0.6 is 12.2 Å². The van der Waals surface area contributed by atoms with Gasteiger partial charge in [-0.25, -0.2) is 14.8 Å². The van der Waals surface area contributed by atoms with Gasteiger partial charge in [-0.3, -0.25) is 0 Å². The van der Waals surface area contributed by atoms with Crippen LogP contribution < -0.4 is 10.6 Å². The van der Waals surface area contributed by atoms with Crippen molar-refractivity contribution in [2.75, 3.05) is 18.6 Å². The number of piperidine rings is 1. The third kappa shape index (κ3) is 2.98. The molecule has 2 rings (SSSR count). The molecular weight excluding hydrogens is 264 g/mol. The number of thiocarbonyl (C=S) groups is 1. The number of ether oxygens (including phenoxy) is 1. The molecule has 7 heteroatoms. The van der Waals surface area contributed by atoms with Crippen LogP contribution in [0.1, 0.15) is 25.0 Å². The number of carbonyl (C=O) groups is 1. The molecular formula is C12H16N4O2S. The Labute approximate surface area is 117 Å². The molecule has 1 aromatic heterocycles. The largest absolute Gasteiger partial charge is 0.467 e. The Morgan fingerprint density at radius 1 is 1.58 bits per heavy atom. The second-order valence-electron chi connectivity index (χ2n) is 4.33. The zero-order valence-electron chi connectivity index (χ0n) is 10.7. The monoisotopic (exact) mass is 280 g/mol. The molecule has 0 amide bonds. The fourth-order valence-corrected chi connectivity index (χ4v) is 2.29. The van der Waals surface area contributed by atoms with E-state index in [1.807, 2.05) is 4.90 Å². The number of methoxy groups -OCH3 is 1. The second kappa shape index (κ2) is 5.92. The number of aromatic nitrogens is 2. The average Bonchev–Trinajstić information content (AvgIpc) is 2.46. The molecule has 102 valence electrons. The zero-order chi connectivity index (χ0) is 13.8. The number of hydrogen-bond donors (Lipinski definition) is 1. The van der Waals surface area contributed by atoms with Gasteiger partial charge in [0.2, 0.25) is 5.95 Å². The van der Waals surface area contributed by atoms with Crippen LogP contribution in [0, 0.1) is 0 Å². The number of rotatable bonds is 3. The molecule has 0 bridgehead atoms. The zero-order valence-corrected chi connectivity index (χ0v) is 11.5. The number of anilines is 1. The van der Waals surface area contributed by atoms with E-state index in [1.165, 1.54) is 7.11 Å². The number of esters is 1. The van der Waals surface area contributed by atoms with E-state index in [9.17, 15) is 4.79 Å². The van der Waals surface area contributed by atoms with Gasteiger partial charge in [-0.15, -0.1) is 0 Å². The Morgan fingerprint density at radius 3 is 3.05 bits per heavy atom. The van der Waals surface area contributed by atoms with E-state index in [4.69, 9.17) is 22.7 Å². The SMILES string of the molecule is COC(=O)C1CCCCN1c1nccc(C(N)=S)n1. The first-order chi connectivity index (χ1) is 9.13. The summed E-state index contributed by atoms with van der Waals surface area (Å²) >= 11 is 4.90. The molecule has 1 fully saturated rings. The predicted molar refractivity (Wildman–Crippen MR) is 74.9 cm³/mol. The van der Waals surface area contributed by atoms with Crippen molar-refractivity contribution < 1.29 is 9.53 Å². The number of nitrogens with two attached hydrogens (primary N) is 1. The highest BCUT2D eigenvalue weighted by Gasteiger charge is 2.31. The Kier molecular flexibility index (Phi) is 4.26. The van der Waals surface area contributed by atoms with Gasteiger partial charge in [0.1, 0.15) is 16.7 Å². The molecule has 0 aliphatic carbocycles. The minimum absolute atomic E-state index is 0.218. The highest BCUT2D eigenvalue weighted by molar-refractivity contribution is 7.80. The van der Waals surface area contributed by atoms with Crippen molar-refractivity contribution in [1.29, 1.82) is 0 Å². The fourth-order valence-electron chi connectivity index (χ4n) is 2.18. The van der Waals surface area contributed by atoms with Crippen LogP contribution in [0.3, 0.4) is 0 Å². The molecule has 1 saturated heterocycles. The third-order valence-corrected chi connectivity index (χ3v) is 3.34. The summed E-state index contributed by atoms with van der Waals surface area (Å²) in [7, 11) is 1.39. The van der Waals surface area contributed by atoms with E-state index in [0.29, 0.717) is 11.6 Å². The fraction of sp³-hybridized carbons (Fsp3) is 0.500. The van der Waals surface area contributed by atoms with Gasteiger partial charge in [0, 0.05) is 12.7 Å². The summed E-state index contributed by atoms with van der Waals surface area (Å²) in [4.78, 5) is 22.4. The Hall–Kier alpha value is -1.76. The van der Waals surface area contributed by atoms with Gasteiger partial charge in [0.15, 0.2) is 0 Å². The quantitative estimate of drug-likeness (QED) is 0.643. The average molecular weight is 280 g/mol. The van der Waals surface area contributed by atoms with Crippen LogP contribution in [0.25, 0.3) is 0 Å². The molecule has 1 aliphatic heterocycles. The van der Waals surface area contributed by atoms with Gasteiger partial charge < -0.3 is 15.4 Å². The van der Waals surface area contributed by atoms with E-state index >= 15 is 0 Å². The maximum atomic E-state index is 11.8. The minimum Gasteiger partial charge on any atom is -0.467 e. The molecule has 2 heterocycles. The molecule has 19 heavy (non-hydrogen) atoms. The molecule has 0 radical (unpaired) electrons. The number of hydrogen-bond acceptors (Lipinski definition) is 6. The van der Waals surface area contributed by atoms with Crippen molar-refractivity contribution in [3.05, 3.63) is 18.0 Å². The molecule has 1 unspecified atom stereocenters. The van der Waals surface area contributed by atoms with Crippen LogP contribution in [0.15, 0.2) is 12.3 Å². The van der Waals surface area contributed by atoms with Gasteiger partial charge in [-0.2, -0.15) is 0 Å². The third-order valence-electron chi connectivity index (χ3n) is 3.13. The van der Waals surface area contributed by atoms with Crippen LogP contribution in [-0.2, 0) is 9.53 Å². The van der Waals surface area contributed by atoms with Crippen molar-refractivity contribution in [3.8, 4) is 0 Å². The molecule has 1 aromatic rings. The lowest BCUT2D eigenvalue weighted by Gasteiger charge is -2.33. The smallest absolute Gasteiger partial charge is 0.328 e. The summed E-state index contributed by atoms with van der Waals surface area (Å²) in [5.74, 6) is 0.212. The van der Waals surface area contributed by atoms with Gasteiger partial charge in [0.05, 0.1) is 7.11 Å². The number of carbonyl (C=O) groups excluding carboxylic acids is 1. The van der Waals surface area contributed by atoms with E-state index in [1.54, 1.807) is 12.3 Å². The predicted octanol–water partition coefficient (Wildman–Crippen LogP) is 0.643. The maximum absolute atomic E-state index is 11.8. The van der Waals surface area contributed by atoms with Crippen molar-refractivity contribution in [2.45, 2.75) is 25.3 Å². The maximum Gasteiger partial charge on any atom is 0.328 e. The van der Waals surface area contributed by atoms with Crippen LogP contribution in [0.2, 0.25) is 0 Å². The first-order valence-corrected chi connectivity index (χ1v) is 6.51. The van der Waals surface area contributed by atoms with Crippen molar-refractivity contribution in [1.82, 2.24) is 9.97 Å². The van der Waals surface area contributed by atoms with E-state index in [2.05, 4.69) is 9.97 Å². The molecule has 2 N–H and O–H groups in total. The van der Waals surface area contributed by atoms with E-state index in [-0.39, 0.29) is 17.0 Å². The summed E-state index contributed by atoms with van der Waals surface area (Å²) in [5.41, 5.74) is 6.07. The van der Waals surface area contributed by atoms with Crippen molar-refractivity contribution >= 4 is 29.1 Å². The first-order valence-electron chi connectivity index (χ1n) is 6.11. The molecule has 1 atom stereocenters. The van der Waals surface area contributed by atoms with Gasteiger partial charge in [0.25, 0.3) is 0 Å². The molecule has 0 saturated carbocycles. The molecule has 1 aliphatic rings. The minimum atomic E-state index is -0.333. The Morgan fingerprint density at radius 2 is 2.37 bits per heavy atom. The molecule has 0 aromatic carbocycles. The lowest BCUT2D eigenvalue weighted by atomic mass is 10.0. The highest BCUT2D eigenvalue weighted by Crippen LogP contribution is 2.22.